The van der Waals surface area contributed by atoms with E-state index in [0.717, 1.165) is 24.4 Å². The highest BCUT2D eigenvalue weighted by molar-refractivity contribution is 5.75. The molecule has 1 aromatic carbocycles. The number of rotatable bonds is 9. The highest BCUT2D eigenvalue weighted by Crippen LogP contribution is 2.17. The van der Waals surface area contributed by atoms with E-state index in [2.05, 4.69) is 23.3 Å². The molecule has 0 bridgehead atoms. The van der Waals surface area contributed by atoms with Crippen LogP contribution in [0.1, 0.15) is 31.4 Å². The van der Waals surface area contributed by atoms with Crippen LogP contribution in [0.5, 0.6) is 5.75 Å². The third kappa shape index (κ3) is 6.08. The molecule has 1 atom stereocenters. The topological polar surface area (TPSA) is 54.7 Å². The zero-order chi connectivity index (χ0) is 17.4. The summed E-state index contributed by atoms with van der Waals surface area (Å²) in [7, 11) is 2.07. The predicted octanol–water partition coefficient (Wildman–Crippen LogP) is 3.21. The SMILES string of the molecule is CCC(=O)NC[C@H](C)Oc1cccc(CN(C)Cc2ccoc2)c1. The van der Waals surface area contributed by atoms with Crippen LogP contribution in [0.25, 0.3) is 0 Å². The van der Waals surface area contributed by atoms with Gasteiger partial charge in [-0.1, -0.05) is 19.1 Å². The largest absolute Gasteiger partial charge is 0.489 e. The van der Waals surface area contributed by atoms with Crippen molar-refractivity contribution < 1.29 is 13.9 Å². The molecule has 0 unspecified atom stereocenters. The van der Waals surface area contributed by atoms with Crippen molar-refractivity contribution in [2.75, 3.05) is 13.6 Å². The molecule has 2 aromatic rings. The lowest BCUT2D eigenvalue weighted by atomic mass is 10.2. The van der Waals surface area contributed by atoms with Crippen molar-refractivity contribution in [3.63, 3.8) is 0 Å². The summed E-state index contributed by atoms with van der Waals surface area (Å²) in [5.74, 6) is 0.863. The van der Waals surface area contributed by atoms with Crippen molar-refractivity contribution in [2.45, 2.75) is 39.5 Å². The van der Waals surface area contributed by atoms with Crippen molar-refractivity contribution in [3.8, 4) is 5.75 Å². The first-order chi connectivity index (χ1) is 11.6. The third-order valence-electron chi connectivity index (χ3n) is 3.63. The normalized spacial score (nSPS) is 12.2. The van der Waals surface area contributed by atoms with Gasteiger partial charge in [0.2, 0.25) is 5.91 Å². The Hall–Kier alpha value is -2.27. The van der Waals surface area contributed by atoms with E-state index < -0.39 is 0 Å². The number of carbonyl (C=O) groups is 1. The van der Waals surface area contributed by atoms with Crippen LogP contribution in [0, 0.1) is 0 Å². The maximum atomic E-state index is 11.3. The van der Waals surface area contributed by atoms with E-state index in [1.54, 1.807) is 12.5 Å². The molecule has 0 saturated carbocycles. The Morgan fingerprint density at radius 2 is 2.08 bits per heavy atom. The quantitative estimate of drug-likeness (QED) is 0.767. The minimum atomic E-state index is -0.0700. The number of amides is 1. The Kier molecular flexibility index (Phi) is 6.88. The fourth-order valence-electron chi connectivity index (χ4n) is 2.44. The molecular formula is C19H26N2O3. The number of ether oxygens (including phenoxy) is 1. The van der Waals surface area contributed by atoms with Crippen LogP contribution in [-0.4, -0.2) is 30.5 Å². The van der Waals surface area contributed by atoms with Crippen LogP contribution in [0.15, 0.2) is 47.3 Å². The Morgan fingerprint density at radius 3 is 2.79 bits per heavy atom. The zero-order valence-corrected chi connectivity index (χ0v) is 14.6. The molecule has 0 aliphatic rings. The van der Waals surface area contributed by atoms with Gasteiger partial charge in [0.05, 0.1) is 19.1 Å². The first kappa shape index (κ1) is 18.1. The molecule has 5 heteroatoms. The maximum absolute atomic E-state index is 11.3. The molecule has 130 valence electrons. The third-order valence-corrected chi connectivity index (χ3v) is 3.63. The number of hydrogen-bond acceptors (Lipinski definition) is 4. The first-order valence-corrected chi connectivity index (χ1v) is 8.28. The smallest absolute Gasteiger partial charge is 0.219 e. The van der Waals surface area contributed by atoms with Crippen molar-refractivity contribution >= 4 is 5.91 Å². The molecule has 0 spiro atoms. The molecule has 1 amide bonds. The van der Waals surface area contributed by atoms with Gasteiger partial charge in [-0.15, -0.1) is 0 Å². The maximum Gasteiger partial charge on any atom is 0.219 e. The van der Waals surface area contributed by atoms with Crippen LogP contribution in [0.2, 0.25) is 0 Å². The molecule has 1 N–H and O–H groups in total. The van der Waals surface area contributed by atoms with Gasteiger partial charge < -0.3 is 14.5 Å². The Labute approximate surface area is 143 Å². The summed E-state index contributed by atoms with van der Waals surface area (Å²) < 4.78 is 11.0. The highest BCUT2D eigenvalue weighted by atomic mass is 16.5. The van der Waals surface area contributed by atoms with E-state index >= 15 is 0 Å². The van der Waals surface area contributed by atoms with Gasteiger partial charge in [-0.05, 0) is 37.7 Å². The van der Waals surface area contributed by atoms with E-state index in [0.29, 0.717) is 13.0 Å². The van der Waals surface area contributed by atoms with Crippen LogP contribution < -0.4 is 10.1 Å². The molecule has 2 rings (SSSR count). The molecule has 1 heterocycles. The lowest BCUT2D eigenvalue weighted by Crippen LogP contribution is -2.33. The van der Waals surface area contributed by atoms with Crippen LogP contribution >= 0.6 is 0 Å². The summed E-state index contributed by atoms with van der Waals surface area (Å²) in [6.45, 7) is 5.96. The summed E-state index contributed by atoms with van der Waals surface area (Å²) in [4.78, 5) is 13.5. The van der Waals surface area contributed by atoms with Crippen molar-refractivity contribution in [2.24, 2.45) is 0 Å². The number of hydrogen-bond donors (Lipinski definition) is 1. The second-order valence-electron chi connectivity index (χ2n) is 6.04. The second-order valence-corrected chi connectivity index (χ2v) is 6.04. The number of nitrogens with zero attached hydrogens (tertiary/aromatic N) is 1. The van der Waals surface area contributed by atoms with E-state index in [1.807, 2.05) is 38.1 Å². The molecule has 0 fully saturated rings. The first-order valence-electron chi connectivity index (χ1n) is 8.28. The zero-order valence-electron chi connectivity index (χ0n) is 14.6. The molecule has 0 aliphatic carbocycles. The van der Waals surface area contributed by atoms with E-state index in [4.69, 9.17) is 9.15 Å². The molecular weight excluding hydrogens is 304 g/mol. The van der Waals surface area contributed by atoms with Crippen molar-refractivity contribution in [1.82, 2.24) is 10.2 Å². The van der Waals surface area contributed by atoms with Crippen LogP contribution in [0.4, 0.5) is 0 Å². The minimum Gasteiger partial charge on any atom is -0.489 e. The van der Waals surface area contributed by atoms with Crippen molar-refractivity contribution in [3.05, 3.63) is 54.0 Å². The standard InChI is InChI=1S/C19H26N2O3/c1-4-19(22)20-11-15(2)24-18-7-5-6-16(10-18)12-21(3)13-17-8-9-23-14-17/h5-10,14-15H,4,11-13H2,1-3H3,(H,20,22)/t15-/m0/s1. The summed E-state index contributed by atoms with van der Waals surface area (Å²) in [5, 5.41) is 2.84. The van der Waals surface area contributed by atoms with Gasteiger partial charge in [-0.3, -0.25) is 9.69 Å². The molecule has 0 radical (unpaired) electrons. The summed E-state index contributed by atoms with van der Waals surface area (Å²) in [5.41, 5.74) is 2.34. The lowest BCUT2D eigenvalue weighted by Gasteiger charge is -2.18. The lowest BCUT2D eigenvalue weighted by molar-refractivity contribution is -0.121. The summed E-state index contributed by atoms with van der Waals surface area (Å²) >= 11 is 0. The van der Waals surface area contributed by atoms with Gasteiger partial charge in [0.15, 0.2) is 0 Å². The van der Waals surface area contributed by atoms with Gasteiger partial charge in [0, 0.05) is 25.1 Å². The number of furan rings is 1. The van der Waals surface area contributed by atoms with Gasteiger partial charge in [-0.25, -0.2) is 0 Å². The van der Waals surface area contributed by atoms with Gasteiger partial charge >= 0.3 is 0 Å². The molecule has 0 aliphatic heterocycles. The van der Waals surface area contributed by atoms with Gasteiger partial charge in [0.1, 0.15) is 11.9 Å². The minimum absolute atomic E-state index is 0.0417. The van der Waals surface area contributed by atoms with Gasteiger partial charge in [0.25, 0.3) is 0 Å². The number of carbonyl (C=O) groups excluding carboxylic acids is 1. The average molecular weight is 330 g/mol. The molecule has 24 heavy (non-hydrogen) atoms. The summed E-state index contributed by atoms with van der Waals surface area (Å²) in [6, 6.07) is 10.0. The fraction of sp³-hybridized carbons (Fsp3) is 0.421. The monoisotopic (exact) mass is 330 g/mol. The van der Waals surface area contributed by atoms with E-state index in [-0.39, 0.29) is 12.0 Å². The average Bonchev–Trinajstić information content (AvgIpc) is 3.05. The molecule has 1 aromatic heterocycles. The number of nitrogens with one attached hydrogen (secondary N) is 1. The Morgan fingerprint density at radius 1 is 1.29 bits per heavy atom. The Bertz CT molecular complexity index is 625. The fourth-order valence-corrected chi connectivity index (χ4v) is 2.44. The summed E-state index contributed by atoms with van der Waals surface area (Å²) in [6.07, 6.45) is 3.88. The van der Waals surface area contributed by atoms with Crippen LogP contribution in [0.3, 0.4) is 0 Å². The molecule has 0 saturated heterocycles. The van der Waals surface area contributed by atoms with E-state index in [1.165, 1.54) is 5.56 Å². The highest BCUT2D eigenvalue weighted by Gasteiger charge is 2.08. The number of benzene rings is 1. The van der Waals surface area contributed by atoms with Crippen LogP contribution in [-0.2, 0) is 17.9 Å². The van der Waals surface area contributed by atoms with Gasteiger partial charge in [-0.2, -0.15) is 0 Å². The van der Waals surface area contributed by atoms with Crippen molar-refractivity contribution in [1.29, 1.82) is 0 Å². The molecule has 5 nitrogen and oxygen atoms in total. The van der Waals surface area contributed by atoms with E-state index in [9.17, 15) is 4.79 Å². The Balaban J connectivity index is 1.85. The predicted molar refractivity (Wildman–Crippen MR) is 93.7 cm³/mol. The second kappa shape index (κ2) is 9.13.